The van der Waals surface area contributed by atoms with Gasteiger partial charge in [0.25, 0.3) is 0 Å². The van der Waals surface area contributed by atoms with Gasteiger partial charge in [0.1, 0.15) is 4.90 Å². The number of para-hydroxylation sites is 1. The summed E-state index contributed by atoms with van der Waals surface area (Å²) in [6, 6.07) is 10.6. The lowest BCUT2D eigenvalue weighted by molar-refractivity contribution is 0.267. The highest BCUT2D eigenvalue weighted by molar-refractivity contribution is 7.89. The number of rotatable bonds is 3. The molecule has 0 saturated carbocycles. The molecule has 1 fully saturated rings. The van der Waals surface area contributed by atoms with Crippen molar-refractivity contribution in [2.45, 2.75) is 4.90 Å². The number of anilines is 1. The Morgan fingerprint density at radius 3 is 2.19 bits per heavy atom. The smallest absolute Gasteiger partial charge is 0.246 e. The monoisotopic (exact) mass is 415 g/mol. The van der Waals surface area contributed by atoms with Crippen molar-refractivity contribution in [3.63, 3.8) is 0 Å². The van der Waals surface area contributed by atoms with Crippen LogP contribution in [-0.2, 0) is 10.0 Å². The van der Waals surface area contributed by atoms with E-state index in [1.807, 2.05) is 30.3 Å². The predicted molar refractivity (Wildman–Crippen MR) is 99.3 cm³/mol. The van der Waals surface area contributed by atoms with Crippen molar-refractivity contribution in [2.24, 2.45) is 0 Å². The van der Waals surface area contributed by atoms with Crippen molar-refractivity contribution in [1.82, 2.24) is 9.21 Å². The Bertz CT molecular complexity index is 947. The summed E-state index contributed by atoms with van der Waals surface area (Å²) in [6.45, 7) is 0.640. The van der Waals surface area contributed by atoms with Crippen LogP contribution in [-0.4, -0.2) is 48.9 Å². The molecule has 0 amide bonds. The van der Waals surface area contributed by atoms with E-state index in [1.54, 1.807) is 4.90 Å². The van der Waals surface area contributed by atoms with Crippen molar-refractivity contribution < 1.29 is 21.6 Å². The standard InChI is InChI=1S/C17H16F3N3O2S2/c18-13-6-7-14(16(20)15(13)19)27(24,25)23-10-8-22(9-11-23)17(26)21-12-4-2-1-3-5-12/h1-7H,8-11H2,(H,21,26). The predicted octanol–water partition coefficient (Wildman–Crippen LogP) is 2.81. The first-order valence-electron chi connectivity index (χ1n) is 8.05. The van der Waals surface area contributed by atoms with Crippen LogP contribution in [0.25, 0.3) is 0 Å². The number of nitrogens with zero attached hydrogens (tertiary/aromatic N) is 2. The number of nitrogens with one attached hydrogen (secondary N) is 1. The number of hydrogen-bond acceptors (Lipinski definition) is 3. The maximum Gasteiger partial charge on any atom is 0.246 e. The van der Waals surface area contributed by atoms with Crippen LogP contribution >= 0.6 is 12.2 Å². The van der Waals surface area contributed by atoms with Gasteiger partial charge in [-0.1, -0.05) is 18.2 Å². The summed E-state index contributed by atoms with van der Waals surface area (Å²) in [5, 5.41) is 3.50. The van der Waals surface area contributed by atoms with Crippen molar-refractivity contribution in [3.05, 3.63) is 59.9 Å². The third-order valence-electron chi connectivity index (χ3n) is 4.17. The minimum Gasteiger partial charge on any atom is -0.346 e. The largest absolute Gasteiger partial charge is 0.346 e. The molecule has 27 heavy (non-hydrogen) atoms. The van der Waals surface area contributed by atoms with Crippen molar-refractivity contribution in [1.29, 1.82) is 0 Å². The molecule has 144 valence electrons. The van der Waals surface area contributed by atoms with Gasteiger partial charge in [-0.2, -0.15) is 4.31 Å². The van der Waals surface area contributed by atoms with Gasteiger partial charge in [0.2, 0.25) is 10.0 Å². The number of piperazine rings is 1. The van der Waals surface area contributed by atoms with Crippen LogP contribution in [0.5, 0.6) is 0 Å². The van der Waals surface area contributed by atoms with Gasteiger partial charge in [-0.3, -0.25) is 0 Å². The van der Waals surface area contributed by atoms with E-state index in [4.69, 9.17) is 12.2 Å². The average Bonchev–Trinajstić information content (AvgIpc) is 2.67. The summed E-state index contributed by atoms with van der Waals surface area (Å²) in [6.07, 6.45) is 0. The topological polar surface area (TPSA) is 52.7 Å². The van der Waals surface area contributed by atoms with E-state index < -0.39 is 32.4 Å². The fourth-order valence-electron chi connectivity index (χ4n) is 2.70. The summed E-state index contributed by atoms with van der Waals surface area (Å²) in [5.41, 5.74) is 0.807. The third-order valence-corrected chi connectivity index (χ3v) is 6.44. The molecule has 2 aromatic rings. The van der Waals surface area contributed by atoms with E-state index in [9.17, 15) is 21.6 Å². The van der Waals surface area contributed by atoms with Crippen LogP contribution in [0, 0.1) is 17.5 Å². The molecule has 0 unspecified atom stereocenters. The molecule has 0 aromatic heterocycles. The fraction of sp³-hybridized carbons (Fsp3) is 0.235. The average molecular weight is 415 g/mol. The second-order valence-electron chi connectivity index (χ2n) is 5.86. The quantitative estimate of drug-likeness (QED) is 0.617. The molecule has 0 radical (unpaired) electrons. The lowest BCUT2D eigenvalue weighted by Gasteiger charge is -2.35. The number of halogens is 3. The van der Waals surface area contributed by atoms with Crippen LogP contribution in [0.1, 0.15) is 0 Å². The van der Waals surface area contributed by atoms with E-state index in [0.717, 1.165) is 16.1 Å². The second-order valence-corrected chi connectivity index (χ2v) is 8.15. The van der Waals surface area contributed by atoms with Gasteiger partial charge in [0.15, 0.2) is 22.6 Å². The van der Waals surface area contributed by atoms with Gasteiger partial charge in [-0.05, 0) is 36.5 Å². The molecule has 1 aliphatic heterocycles. The van der Waals surface area contributed by atoms with Crippen LogP contribution in [0.3, 0.4) is 0 Å². The molecule has 2 aromatic carbocycles. The first-order valence-corrected chi connectivity index (χ1v) is 9.90. The Balaban J connectivity index is 1.68. The SMILES string of the molecule is O=S(=O)(c1ccc(F)c(F)c1F)N1CCN(C(=S)Nc2ccccc2)CC1. The van der Waals surface area contributed by atoms with Crippen LogP contribution in [0.2, 0.25) is 0 Å². The first kappa shape index (κ1) is 19.6. The molecule has 1 heterocycles. The molecular weight excluding hydrogens is 399 g/mol. The highest BCUT2D eigenvalue weighted by Crippen LogP contribution is 2.24. The summed E-state index contributed by atoms with van der Waals surface area (Å²) in [5.74, 6) is -4.95. The number of sulfonamides is 1. The van der Waals surface area contributed by atoms with Gasteiger partial charge in [-0.15, -0.1) is 0 Å². The lowest BCUT2D eigenvalue weighted by atomic mass is 10.3. The van der Waals surface area contributed by atoms with Gasteiger partial charge in [0.05, 0.1) is 0 Å². The molecule has 1 N–H and O–H groups in total. The molecular formula is C17H16F3N3O2S2. The summed E-state index contributed by atoms with van der Waals surface area (Å²) < 4.78 is 66.5. The Morgan fingerprint density at radius 2 is 1.56 bits per heavy atom. The van der Waals surface area contributed by atoms with Gasteiger partial charge < -0.3 is 10.2 Å². The van der Waals surface area contributed by atoms with Gasteiger partial charge in [-0.25, -0.2) is 21.6 Å². The van der Waals surface area contributed by atoms with E-state index >= 15 is 0 Å². The van der Waals surface area contributed by atoms with Crippen LogP contribution in [0.15, 0.2) is 47.4 Å². The molecule has 0 bridgehead atoms. The molecule has 10 heteroatoms. The van der Waals surface area contributed by atoms with E-state index in [1.165, 1.54) is 0 Å². The molecule has 0 spiro atoms. The zero-order chi connectivity index (χ0) is 19.6. The zero-order valence-corrected chi connectivity index (χ0v) is 15.7. The highest BCUT2D eigenvalue weighted by Gasteiger charge is 2.33. The maximum absolute atomic E-state index is 13.9. The maximum atomic E-state index is 13.9. The summed E-state index contributed by atoms with van der Waals surface area (Å²) >= 11 is 5.33. The van der Waals surface area contributed by atoms with Crippen molar-refractivity contribution in [2.75, 3.05) is 31.5 Å². The van der Waals surface area contributed by atoms with E-state index in [2.05, 4.69) is 5.32 Å². The van der Waals surface area contributed by atoms with Crippen molar-refractivity contribution >= 4 is 33.0 Å². The lowest BCUT2D eigenvalue weighted by Crippen LogP contribution is -2.51. The van der Waals surface area contributed by atoms with Crippen molar-refractivity contribution in [3.8, 4) is 0 Å². The van der Waals surface area contributed by atoms with Gasteiger partial charge >= 0.3 is 0 Å². The molecule has 1 saturated heterocycles. The van der Waals surface area contributed by atoms with E-state index in [0.29, 0.717) is 11.2 Å². The summed E-state index contributed by atoms with van der Waals surface area (Å²) in [7, 11) is -4.28. The minimum absolute atomic E-state index is 0.0391. The number of benzene rings is 2. The number of hydrogen-bond donors (Lipinski definition) is 1. The zero-order valence-electron chi connectivity index (χ0n) is 14.0. The second kappa shape index (κ2) is 7.83. The molecule has 0 atom stereocenters. The Morgan fingerprint density at radius 1 is 0.926 bits per heavy atom. The third kappa shape index (κ3) is 4.07. The number of thiocarbonyl (C=S) groups is 1. The summed E-state index contributed by atoms with van der Waals surface area (Å²) in [4.78, 5) is 0.913. The van der Waals surface area contributed by atoms with Crippen LogP contribution < -0.4 is 5.32 Å². The fourth-order valence-corrected chi connectivity index (χ4v) is 4.48. The molecule has 3 rings (SSSR count). The molecule has 0 aliphatic carbocycles. The van der Waals surface area contributed by atoms with E-state index in [-0.39, 0.29) is 26.2 Å². The molecule has 1 aliphatic rings. The Labute approximate surface area is 160 Å². The van der Waals surface area contributed by atoms with Crippen LogP contribution in [0.4, 0.5) is 18.9 Å². The Hall–Kier alpha value is -2.17. The Kier molecular flexibility index (Phi) is 5.68. The minimum atomic E-state index is -4.28. The first-order chi connectivity index (χ1) is 12.8. The van der Waals surface area contributed by atoms with Gasteiger partial charge in [0, 0.05) is 31.9 Å². The highest BCUT2D eigenvalue weighted by atomic mass is 32.2. The molecule has 5 nitrogen and oxygen atoms in total. The normalized spacial score (nSPS) is 15.6.